The second-order valence-corrected chi connectivity index (χ2v) is 8.24. The Morgan fingerprint density at radius 2 is 2.16 bits per heavy atom. The number of halogens is 2. The smallest absolute Gasteiger partial charge is 0.344 e. The molecule has 1 N–H and O–H groups in total. The van der Waals surface area contributed by atoms with Gasteiger partial charge in [0.15, 0.2) is 22.5 Å². The Kier molecular flexibility index (Phi) is 6.23. The first kappa shape index (κ1) is 19.5. The predicted octanol–water partition coefficient (Wildman–Crippen LogP) is 1.09. The molecule has 0 aromatic heterocycles. The van der Waals surface area contributed by atoms with Crippen LogP contribution >= 0.6 is 11.6 Å². The number of amides is 1. The van der Waals surface area contributed by atoms with Crippen LogP contribution in [0.1, 0.15) is 13.3 Å². The van der Waals surface area contributed by atoms with Crippen molar-refractivity contribution in [2.24, 2.45) is 0 Å². The van der Waals surface area contributed by atoms with Gasteiger partial charge in [-0.1, -0.05) is 11.6 Å². The lowest BCUT2D eigenvalue weighted by atomic mass is 10.2. The van der Waals surface area contributed by atoms with Crippen molar-refractivity contribution in [1.82, 2.24) is 5.32 Å². The van der Waals surface area contributed by atoms with Gasteiger partial charge >= 0.3 is 5.97 Å². The summed E-state index contributed by atoms with van der Waals surface area (Å²) in [7, 11) is -3.12. The topological polar surface area (TPSA) is 98.8 Å². The van der Waals surface area contributed by atoms with Crippen LogP contribution in [0.4, 0.5) is 4.39 Å². The van der Waals surface area contributed by atoms with Gasteiger partial charge in [-0.2, -0.15) is 0 Å². The highest BCUT2D eigenvalue weighted by Gasteiger charge is 2.30. The van der Waals surface area contributed by atoms with E-state index in [0.717, 1.165) is 12.1 Å². The zero-order valence-corrected chi connectivity index (χ0v) is 14.9. The second-order valence-electron chi connectivity index (χ2n) is 5.60. The lowest BCUT2D eigenvalue weighted by Crippen LogP contribution is -2.43. The van der Waals surface area contributed by atoms with Crippen LogP contribution in [0.2, 0.25) is 5.02 Å². The molecule has 25 heavy (non-hydrogen) atoms. The fraction of sp³-hybridized carbons (Fsp3) is 0.467. The average molecular weight is 394 g/mol. The van der Waals surface area contributed by atoms with Gasteiger partial charge in [0.25, 0.3) is 5.91 Å². The Hall–Kier alpha value is -1.87. The third-order valence-corrected chi connectivity index (χ3v) is 5.56. The van der Waals surface area contributed by atoms with E-state index in [1.54, 1.807) is 0 Å². The van der Waals surface area contributed by atoms with E-state index < -0.39 is 46.3 Å². The number of rotatable bonds is 6. The number of nitrogens with one attached hydrogen (secondary N) is 1. The fourth-order valence-electron chi connectivity index (χ4n) is 2.24. The van der Waals surface area contributed by atoms with E-state index in [0.29, 0.717) is 6.42 Å². The molecule has 7 nitrogen and oxygen atoms in total. The van der Waals surface area contributed by atoms with Crippen LogP contribution < -0.4 is 10.1 Å². The van der Waals surface area contributed by atoms with E-state index in [2.05, 4.69) is 5.32 Å². The van der Waals surface area contributed by atoms with Crippen molar-refractivity contribution in [1.29, 1.82) is 0 Å². The van der Waals surface area contributed by atoms with Crippen molar-refractivity contribution in [3.8, 4) is 5.75 Å². The van der Waals surface area contributed by atoms with Gasteiger partial charge in [-0.3, -0.25) is 4.79 Å². The number of sulfone groups is 1. The van der Waals surface area contributed by atoms with Crippen molar-refractivity contribution in [3.05, 3.63) is 29.0 Å². The van der Waals surface area contributed by atoms with Crippen molar-refractivity contribution >= 4 is 33.3 Å². The van der Waals surface area contributed by atoms with Gasteiger partial charge in [-0.25, -0.2) is 17.6 Å². The first-order chi connectivity index (χ1) is 11.7. The van der Waals surface area contributed by atoms with Gasteiger partial charge in [0.05, 0.1) is 16.5 Å². The van der Waals surface area contributed by atoms with Gasteiger partial charge in [-0.15, -0.1) is 0 Å². The van der Waals surface area contributed by atoms with E-state index in [-0.39, 0.29) is 22.3 Å². The SMILES string of the molecule is C[C@@H](OC(=O)COc1ccc(F)cc1Cl)C(=O)N[C@H]1CCS(=O)(=O)C1. The van der Waals surface area contributed by atoms with Crippen LogP contribution in [-0.4, -0.2) is 50.6 Å². The average Bonchev–Trinajstić information content (AvgIpc) is 2.85. The summed E-state index contributed by atoms with van der Waals surface area (Å²) >= 11 is 5.76. The molecule has 1 heterocycles. The van der Waals surface area contributed by atoms with Crippen molar-refractivity contribution < 1.29 is 31.9 Å². The molecule has 2 rings (SSSR count). The van der Waals surface area contributed by atoms with Crippen LogP contribution in [0.15, 0.2) is 18.2 Å². The largest absolute Gasteiger partial charge is 0.480 e. The molecule has 2 atom stereocenters. The molecular formula is C15H17ClFNO6S. The second kappa shape index (κ2) is 8.01. The monoisotopic (exact) mass is 393 g/mol. The van der Waals surface area contributed by atoms with Gasteiger partial charge in [0.1, 0.15) is 11.6 Å². The van der Waals surface area contributed by atoms with Crippen molar-refractivity contribution in [2.75, 3.05) is 18.1 Å². The van der Waals surface area contributed by atoms with Gasteiger partial charge in [0.2, 0.25) is 0 Å². The molecule has 138 valence electrons. The van der Waals surface area contributed by atoms with Crippen LogP contribution in [0.5, 0.6) is 5.75 Å². The minimum Gasteiger partial charge on any atom is -0.480 e. The summed E-state index contributed by atoms with van der Waals surface area (Å²) in [5, 5.41) is 2.53. The first-order valence-corrected chi connectivity index (χ1v) is 9.64. The number of esters is 1. The van der Waals surface area contributed by atoms with Crippen LogP contribution in [-0.2, 0) is 24.2 Å². The van der Waals surface area contributed by atoms with E-state index in [1.165, 1.54) is 13.0 Å². The minimum absolute atomic E-state index is 0.000958. The zero-order chi connectivity index (χ0) is 18.6. The molecule has 0 spiro atoms. The summed E-state index contributed by atoms with van der Waals surface area (Å²) in [5.74, 6) is -1.94. The van der Waals surface area contributed by atoms with Crippen molar-refractivity contribution in [3.63, 3.8) is 0 Å². The highest BCUT2D eigenvalue weighted by Crippen LogP contribution is 2.24. The summed E-state index contributed by atoms with van der Waals surface area (Å²) < 4.78 is 45.6. The van der Waals surface area contributed by atoms with E-state index >= 15 is 0 Å². The zero-order valence-electron chi connectivity index (χ0n) is 13.3. The summed E-state index contributed by atoms with van der Waals surface area (Å²) in [4.78, 5) is 23.6. The van der Waals surface area contributed by atoms with Gasteiger partial charge < -0.3 is 14.8 Å². The van der Waals surface area contributed by atoms with E-state index in [4.69, 9.17) is 21.1 Å². The van der Waals surface area contributed by atoms with Gasteiger partial charge in [0, 0.05) is 6.04 Å². The van der Waals surface area contributed by atoms with Gasteiger partial charge in [-0.05, 0) is 31.5 Å². The number of ether oxygens (including phenoxy) is 2. The highest BCUT2D eigenvalue weighted by molar-refractivity contribution is 7.91. The van der Waals surface area contributed by atoms with Crippen LogP contribution in [0.25, 0.3) is 0 Å². The molecular weight excluding hydrogens is 377 g/mol. The molecule has 0 saturated carbocycles. The van der Waals surface area contributed by atoms with Crippen LogP contribution in [0.3, 0.4) is 0 Å². The summed E-state index contributed by atoms with van der Waals surface area (Å²) in [6, 6.07) is 2.95. The Morgan fingerprint density at radius 3 is 2.76 bits per heavy atom. The highest BCUT2D eigenvalue weighted by atomic mass is 35.5. The molecule has 1 aromatic carbocycles. The third-order valence-electron chi connectivity index (χ3n) is 3.50. The number of hydrogen-bond acceptors (Lipinski definition) is 6. The summed E-state index contributed by atoms with van der Waals surface area (Å²) in [6.07, 6.45) is -0.774. The molecule has 10 heteroatoms. The Bertz CT molecular complexity index is 769. The number of benzene rings is 1. The third kappa shape index (κ3) is 5.86. The minimum atomic E-state index is -3.12. The molecule has 1 fully saturated rings. The maximum absolute atomic E-state index is 12.9. The Labute approximate surface area is 149 Å². The number of carbonyl (C=O) groups is 2. The Morgan fingerprint density at radius 1 is 1.44 bits per heavy atom. The molecule has 1 aliphatic rings. The molecule has 0 radical (unpaired) electrons. The molecule has 0 unspecified atom stereocenters. The molecule has 1 aliphatic heterocycles. The molecule has 0 aliphatic carbocycles. The first-order valence-electron chi connectivity index (χ1n) is 7.44. The normalized spacial score (nSPS) is 19.9. The maximum Gasteiger partial charge on any atom is 0.344 e. The lowest BCUT2D eigenvalue weighted by molar-refractivity contribution is -0.156. The Balaban J connectivity index is 1.78. The standard InChI is InChI=1S/C15H17ClFNO6S/c1-9(15(20)18-11-4-5-25(21,22)8-11)24-14(19)7-23-13-3-2-10(17)6-12(13)16/h2-3,6,9,11H,4-5,7-8H2,1H3,(H,18,20)/t9-,11+/m1/s1. The summed E-state index contributed by atoms with van der Waals surface area (Å²) in [5.41, 5.74) is 0. The number of hydrogen-bond donors (Lipinski definition) is 1. The molecule has 1 saturated heterocycles. The fourth-order valence-corrected chi connectivity index (χ4v) is 4.14. The molecule has 1 amide bonds. The van der Waals surface area contributed by atoms with Crippen LogP contribution in [0, 0.1) is 5.82 Å². The summed E-state index contributed by atoms with van der Waals surface area (Å²) in [6.45, 7) is 0.850. The van der Waals surface area contributed by atoms with E-state index in [1.807, 2.05) is 0 Å². The molecule has 0 bridgehead atoms. The number of carbonyl (C=O) groups excluding carboxylic acids is 2. The maximum atomic E-state index is 12.9. The predicted molar refractivity (Wildman–Crippen MR) is 87.7 cm³/mol. The van der Waals surface area contributed by atoms with Crippen molar-refractivity contribution in [2.45, 2.75) is 25.5 Å². The lowest BCUT2D eigenvalue weighted by Gasteiger charge is -2.16. The quantitative estimate of drug-likeness (QED) is 0.726. The van der Waals surface area contributed by atoms with E-state index in [9.17, 15) is 22.4 Å². The molecule has 1 aromatic rings.